The second-order valence-electron chi connectivity index (χ2n) is 7.11. The van der Waals surface area contributed by atoms with E-state index >= 15 is 0 Å². The van der Waals surface area contributed by atoms with Crippen LogP contribution in [0.1, 0.15) is 37.1 Å². The van der Waals surface area contributed by atoms with E-state index in [2.05, 4.69) is 54.0 Å². The van der Waals surface area contributed by atoms with Gasteiger partial charge in [-0.1, -0.05) is 44.4 Å². The van der Waals surface area contributed by atoms with Gasteiger partial charge < -0.3 is 16.0 Å². The maximum atomic E-state index is 14.9. The lowest BCUT2D eigenvalue weighted by molar-refractivity contribution is 0.329. The molecule has 0 amide bonds. The van der Waals surface area contributed by atoms with Crippen LogP contribution < -0.4 is 16.0 Å². The van der Waals surface area contributed by atoms with Gasteiger partial charge in [0, 0.05) is 38.5 Å². The van der Waals surface area contributed by atoms with Gasteiger partial charge in [-0.15, -0.1) is 0 Å². The number of thiazole rings is 1. The van der Waals surface area contributed by atoms with Gasteiger partial charge in [-0.2, -0.15) is 4.98 Å². The zero-order chi connectivity index (χ0) is 27.2. The number of rotatable bonds is 12. The predicted octanol–water partition coefficient (Wildman–Crippen LogP) is 5.78. The summed E-state index contributed by atoms with van der Waals surface area (Å²) in [6.45, 7) is 12.0. The number of pyridine rings is 1. The third kappa shape index (κ3) is 8.96. The minimum atomic E-state index is -1.37. The molecule has 0 aromatic carbocycles. The monoisotopic (exact) mass is 548 g/mol. The number of nitrogens with one attached hydrogen (secondary N) is 3. The molecule has 0 aliphatic heterocycles. The number of aromatic nitrogens is 4. The van der Waals surface area contributed by atoms with Crippen LogP contribution in [0.4, 0.5) is 14.6 Å². The molecule has 0 aliphatic rings. The standard InChI is InChI=1S/C23H25ClF2N8S.C2H6/c1-4-7-14(5-2)31-18(27-3)9-11-28-12-16(26)21-32-19-20(33-23(24)34-22(19)35-21)30-13-17-15(25)8-6-10-29-17;1-2/h4-8,10,16,28H,1-2,9,11-13H2,3H3,(H,27,31)(H,30,33,34);1-2H3/b14-7+;. The smallest absolute Gasteiger partial charge is 0.225 e. The Morgan fingerprint density at radius 2 is 2.05 bits per heavy atom. The van der Waals surface area contributed by atoms with Gasteiger partial charge >= 0.3 is 0 Å². The molecule has 1 unspecified atom stereocenters. The molecule has 3 aromatic heterocycles. The summed E-state index contributed by atoms with van der Waals surface area (Å²) >= 11 is 7.11. The maximum Gasteiger partial charge on any atom is 0.225 e. The van der Waals surface area contributed by atoms with Crippen LogP contribution >= 0.6 is 22.9 Å². The molecule has 12 heteroatoms. The minimum Gasteiger partial charge on any atom is -0.362 e. The van der Waals surface area contributed by atoms with Crippen molar-refractivity contribution < 1.29 is 8.78 Å². The van der Waals surface area contributed by atoms with Crippen molar-refractivity contribution in [1.82, 2.24) is 30.6 Å². The molecule has 0 aliphatic carbocycles. The lowest BCUT2D eigenvalue weighted by atomic mass is 10.3. The highest BCUT2D eigenvalue weighted by Gasteiger charge is 2.19. The summed E-state index contributed by atoms with van der Waals surface area (Å²) in [5, 5.41) is 9.40. The number of hydrogen-bond acceptors (Lipinski definition) is 8. The van der Waals surface area contributed by atoms with E-state index in [-0.39, 0.29) is 34.9 Å². The molecule has 0 radical (unpaired) electrons. The number of allylic oxidation sites excluding steroid dienone is 3. The number of amidine groups is 1. The molecule has 37 heavy (non-hydrogen) atoms. The van der Waals surface area contributed by atoms with Gasteiger partial charge in [0.25, 0.3) is 0 Å². The van der Waals surface area contributed by atoms with E-state index in [1.807, 2.05) is 13.8 Å². The normalized spacial score (nSPS) is 12.5. The second-order valence-corrected chi connectivity index (χ2v) is 8.46. The number of fused-ring (bicyclic) bond motifs is 1. The lowest BCUT2D eigenvalue weighted by Gasteiger charge is -2.11. The molecule has 3 aromatic rings. The van der Waals surface area contributed by atoms with Crippen LogP contribution in [0.3, 0.4) is 0 Å². The van der Waals surface area contributed by atoms with E-state index < -0.39 is 12.0 Å². The first-order valence-corrected chi connectivity index (χ1v) is 12.8. The summed E-state index contributed by atoms with van der Waals surface area (Å²) in [5.41, 5.74) is 1.35. The number of aliphatic imine (C=N–C) groups is 1. The van der Waals surface area contributed by atoms with Crippen molar-refractivity contribution in [1.29, 1.82) is 0 Å². The molecule has 0 saturated carbocycles. The fourth-order valence-electron chi connectivity index (χ4n) is 2.99. The molecule has 0 saturated heterocycles. The van der Waals surface area contributed by atoms with Crippen molar-refractivity contribution in [3.05, 3.63) is 77.2 Å². The molecular weight excluding hydrogens is 518 g/mol. The van der Waals surface area contributed by atoms with E-state index in [0.29, 0.717) is 23.3 Å². The number of alkyl halides is 1. The first-order chi connectivity index (χ1) is 17.9. The average molecular weight is 549 g/mol. The molecule has 3 rings (SSSR count). The Labute approximate surface area is 224 Å². The van der Waals surface area contributed by atoms with E-state index in [9.17, 15) is 8.78 Å². The number of hydrogen-bond donors (Lipinski definition) is 3. The van der Waals surface area contributed by atoms with Crippen molar-refractivity contribution >= 4 is 44.9 Å². The molecule has 0 spiro atoms. The first kappa shape index (κ1) is 29.9. The summed E-state index contributed by atoms with van der Waals surface area (Å²) in [4.78, 5) is 21.3. The van der Waals surface area contributed by atoms with Gasteiger partial charge in [-0.25, -0.2) is 18.7 Å². The van der Waals surface area contributed by atoms with E-state index in [4.69, 9.17) is 11.6 Å². The highest BCUT2D eigenvalue weighted by atomic mass is 35.5. The van der Waals surface area contributed by atoms with Crippen LogP contribution in [0.25, 0.3) is 10.3 Å². The van der Waals surface area contributed by atoms with Gasteiger partial charge in [0.05, 0.1) is 12.2 Å². The summed E-state index contributed by atoms with van der Waals surface area (Å²) in [7, 11) is 1.68. The largest absolute Gasteiger partial charge is 0.362 e. The van der Waals surface area contributed by atoms with Gasteiger partial charge in [0.15, 0.2) is 16.8 Å². The van der Waals surface area contributed by atoms with Crippen LogP contribution in [0.5, 0.6) is 0 Å². The van der Waals surface area contributed by atoms with Crippen molar-refractivity contribution in [3.63, 3.8) is 0 Å². The lowest BCUT2D eigenvalue weighted by Crippen LogP contribution is -2.28. The summed E-state index contributed by atoms with van der Waals surface area (Å²) < 4.78 is 28.8. The van der Waals surface area contributed by atoms with Crippen LogP contribution in [0.2, 0.25) is 5.28 Å². The number of halogens is 3. The Bertz CT molecular complexity index is 1240. The zero-order valence-corrected chi connectivity index (χ0v) is 22.6. The van der Waals surface area contributed by atoms with E-state index in [1.165, 1.54) is 18.3 Å². The van der Waals surface area contributed by atoms with E-state index in [1.54, 1.807) is 25.3 Å². The molecule has 8 nitrogen and oxygen atoms in total. The predicted molar refractivity (Wildman–Crippen MR) is 149 cm³/mol. The van der Waals surface area contributed by atoms with Gasteiger partial charge in [0.1, 0.15) is 22.2 Å². The highest BCUT2D eigenvalue weighted by Crippen LogP contribution is 2.31. The topological polar surface area (TPSA) is 100 Å². The molecular formula is C25H31ClF2N8S. The molecule has 1 atom stereocenters. The quantitative estimate of drug-likeness (QED) is 0.0867. The van der Waals surface area contributed by atoms with Crippen LogP contribution in [0.15, 0.2) is 60.4 Å². The first-order valence-electron chi connectivity index (χ1n) is 11.6. The summed E-state index contributed by atoms with van der Waals surface area (Å²) in [6.07, 6.45) is 5.78. The second kappa shape index (κ2) is 15.7. The fraction of sp³-hybridized carbons (Fsp3) is 0.320. The summed E-state index contributed by atoms with van der Waals surface area (Å²) in [5.74, 6) is 0.563. The zero-order valence-electron chi connectivity index (χ0n) is 21.1. The fourth-order valence-corrected chi connectivity index (χ4v) is 4.13. The van der Waals surface area contributed by atoms with Crippen molar-refractivity contribution in [2.24, 2.45) is 4.99 Å². The third-order valence-corrected chi connectivity index (χ3v) is 5.92. The Hall–Kier alpha value is -3.28. The Kier molecular flexibility index (Phi) is 12.7. The molecule has 0 fully saturated rings. The van der Waals surface area contributed by atoms with E-state index in [0.717, 1.165) is 22.9 Å². The van der Waals surface area contributed by atoms with Gasteiger partial charge in [-0.3, -0.25) is 9.98 Å². The Morgan fingerprint density at radius 1 is 1.27 bits per heavy atom. The van der Waals surface area contributed by atoms with Crippen molar-refractivity contribution in [3.8, 4) is 0 Å². The van der Waals surface area contributed by atoms with Crippen LogP contribution in [-0.2, 0) is 6.54 Å². The maximum absolute atomic E-state index is 14.9. The van der Waals surface area contributed by atoms with Crippen molar-refractivity contribution in [2.75, 3.05) is 25.5 Å². The van der Waals surface area contributed by atoms with Crippen molar-refractivity contribution in [2.45, 2.75) is 33.0 Å². The molecule has 198 valence electrons. The number of nitrogens with zero attached hydrogens (tertiary/aromatic N) is 5. The molecule has 3 heterocycles. The molecule has 0 bridgehead atoms. The minimum absolute atomic E-state index is 0.0199. The Morgan fingerprint density at radius 3 is 2.73 bits per heavy atom. The van der Waals surface area contributed by atoms with Gasteiger partial charge in [-0.05, 0) is 35.9 Å². The highest BCUT2D eigenvalue weighted by molar-refractivity contribution is 7.18. The van der Waals surface area contributed by atoms with Crippen LogP contribution in [0, 0.1) is 5.82 Å². The summed E-state index contributed by atoms with van der Waals surface area (Å²) in [6, 6.07) is 2.82. The van der Waals surface area contributed by atoms with Gasteiger partial charge in [0.2, 0.25) is 5.28 Å². The molecule has 3 N–H and O–H groups in total. The third-order valence-electron chi connectivity index (χ3n) is 4.71. The Balaban J connectivity index is 0.00000235. The number of anilines is 1. The average Bonchev–Trinajstić information content (AvgIpc) is 3.34. The SMILES string of the molecule is C=C/C=C(\C=C)NC(CCNCC(F)c1nc2c(NCc3ncccc3F)nc(Cl)nc2s1)=NC.CC. The van der Waals surface area contributed by atoms with Crippen LogP contribution in [-0.4, -0.2) is 45.9 Å².